The molecule has 0 saturated carbocycles. The maximum absolute atomic E-state index is 13.2. The Balaban J connectivity index is 2.45. The molecule has 256 valence electrons. The minimum absolute atomic E-state index is 0.0135. The maximum atomic E-state index is 13.2. The highest BCUT2D eigenvalue weighted by molar-refractivity contribution is 5.79. The highest BCUT2D eigenvalue weighted by Gasteiger charge is 2.30. The zero-order chi connectivity index (χ0) is 34.1. The van der Waals surface area contributed by atoms with Crippen LogP contribution in [0.3, 0.4) is 0 Å². The van der Waals surface area contributed by atoms with Crippen molar-refractivity contribution in [2.24, 2.45) is 23.7 Å². The number of ether oxygens (including phenoxy) is 3. The third kappa shape index (κ3) is 12.0. The molecule has 3 unspecified atom stereocenters. The van der Waals surface area contributed by atoms with Gasteiger partial charge in [-0.15, -0.1) is 0 Å². The van der Waals surface area contributed by atoms with E-state index in [9.17, 15) is 14.7 Å². The summed E-state index contributed by atoms with van der Waals surface area (Å²) in [5, 5.41) is 11.5. The van der Waals surface area contributed by atoms with Crippen LogP contribution in [0.5, 0.6) is 11.5 Å². The van der Waals surface area contributed by atoms with Crippen molar-refractivity contribution < 1.29 is 28.9 Å². The molecular formula is C37H57N3O6. The summed E-state index contributed by atoms with van der Waals surface area (Å²) in [6.07, 6.45) is 5.28. The van der Waals surface area contributed by atoms with Crippen molar-refractivity contribution in [2.45, 2.75) is 73.4 Å². The van der Waals surface area contributed by atoms with Crippen LogP contribution in [0.4, 0.5) is 4.79 Å². The van der Waals surface area contributed by atoms with Crippen LogP contribution in [0.25, 0.3) is 0 Å². The molecule has 0 fully saturated rings. The summed E-state index contributed by atoms with van der Waals surface area (Å²) in [6, 6.07) is 15.0. The first-order valence-electron chi connectivity index (χ1n) is 16.6. The monoisotopic (exact) mass is 639 g/mol. The second-order valence-electron chi connectivity index (χ2n) is 12.3. The average Bonchev–Trinajstić information content (AvgIpc) is 3.04. The van der Waals surface area contributed by atoms with Crippen LogP contribution in [0.15, 0.2) is 60.7 Å². The Kier molecular flexibility index (Phi) is 17.2. The van der Waals surface area contributed by atoms with Crippen LogP contribution in [0, 0.1) is 23.7 Å². The Morgan fingerprint density at radius 2 is 1.57 bits per heavy atom. The minimum Gasteiger partial charge on any atom is -0.493 e. The number of nitrogens with zero attached hydrogens (tertiary/aromatic N) is 2. The molecule has 9 nitrogen and oxygen atoms in total. The molecule has 46 heavy (non-hydrogen) atoms. The SMILES string of the molecule is CCN(CC)C(=O)C(C/C=C/CC(C(C)C)C(NN(Cc1ccccc1)C(=O)O)c1ccc(OC)c(OCCCOC)c1)C(C)C. The van der Waals surface area contributed by atoms with E-state index in [1.54, 1.807) is 14.2 Å². The molecule has 0 bridgehead atoms. The summed E-state index contributed by atoms with van der Waals surface area (Å²) in [6.45, 7) is 15.2. The normalized spacial score (nSPS) is 13.5. The van der Waals surface area contributed by atoms with Gasteiger partial charge in [-0.25, -0.2) is 15.2 Å². The Hall–Kier alpha value is -3.56. The van der Waals surface area contributed by atoms with Gasteiger partial charge >= 0.3 is 6.09 Å². The first-order chi connectivity index (χ1) is 22.1. The van der Waals surface area contributed by atoms with E-state index in [-0.39, 0.29) is 42.2 Å². The van der Waals surface area contributed by atoms with Crippen molar-refractivity contribution in [1.29, 1.82) is 0 Å². The number of carbonyl (C=O) groups excluding carboxylic acids is 1. The van der Waals surface area contributed by atoms with Crippen molar-refractivity contribution >= 4 is 12.0 Å². The van der Waals surface area contributed by atoms with Gasteiger partial charge in [0.05, 0.1) is 26.3 Å². The quantitative estimate of drug-likeness (QED) is 0.0825. The minimum atomic E-state index is -1.06. The number of carboxylic acid groups (broad SMARTS) is 1. The van der Waals surface area contributed by atoms with Gasteiger partial charge in [-0.05, 0) is 67.7 Å². The number of carbonyl (C=O) groups is 2. The third-order valence-electron chi connectivity index (χ3n) is 8.45. The van der Waals surface area contributed by atoms with Crippen LogP contribution in [-0.4, -0.2) is 67.5 Å². The van der Waals surface area contributed by atoms with Gasteiger partial charge in [0.25, 0.3) is 0 Å². The fourth-order valence-corrected chi connectivity index (χ4v) is 5.62. The summed E-state index contributed by atoms with van der Waals surface area (Å²) in [7, 11) is 3.27. The van der Waals surface area contributed by atoms with E-state index in [0.717, 1.165) is 17.5 Å². The van der Waals surface area contributed by atoms with Crippen molar-refractivity contribution in [3.05, 3.63) is 71.8 Å². The largest absolute Gasteiger partial charge is 0.493 e. The maximum Gasteiger partial charge on any atom is 0.422 e. The molecule has 2 amide bonds. The van der Waals surface area contributed by atoms with Gasteiger partial charge in [-0.3, -0.25) is 4.79 Å². The van der Waals surface area contributed by atoms with Crippen LogP contribution in [0.2, 0.25) is 0 Å². The van der Waals surface area contributed by atoms with Gasteiger partial charge < -0.3 is 24.2 Å². The fraction of sp³-hybridized carbons (Fsp3) is 0.568. The van der Waals surface area contributed by atoms with Gasteiger partial charge in [0, 0.05) is 39.1 Å². The lowest BCUT2D eigenvalue weighted by Gasteiger charge is -2.35. The molecule has 0 heterocycles. The van der Waals surface area contributed by atoms with Crippen LogP contribution in [-0.2, 0) is 16.1 Å². The molecule has 0 aromatic heterocycles. The van der Waals surface area contributed by atoms with E-state index in [2.05, 4.69) is 45.3 Å². The second-order valence-corrected chi connectivity index (χ2v) is 12.3. The molecule has 2 N–H and O–H groups in total. The molecular weight excluding hydrogens is 582 g/mol. The summed E-state index contributed by atoms with van der Waals surface area (Å²) in [5.74, 6) is 1.74. The van der Waals surface area contributed by atoms with E-state index < -0.39 is 6.09 Å². The smallest absolute Gasteiger partial charge is 0.422 e. The number of allylic oxidation sites excluding steroid dienone is 2. The molecule has 0 saturated heterocycles. The first kappa shape index (κ1) is 38.6. The van der Waals surface area contributed by atoms with Crippen molar-refractivity contribution in [2.75, 3.05) is 40.5 Å². The summed E-state index contributed by atoms with van der Waals surface area (Å²) < 4.78 is 16.9. The van der Waals surface area contributed by atoms with Gasteiger partial charge in [0.2, 0.25) is 5.91 Å². The number of hydrogen-bond donors (Lipinski definition) is 2. The van der Waals surface area contributed by atoms with E-state index in [0.29, 0.717) is 50.6 Å². The number of methoxy groups -OCH3 is 2. The molecule has 0 aliphatic carbocycles. The second kappa shape index (κ2) is 20.5. The van der Waals surface area contributed by atoms with Crippen molar-refractivity contribution in [3.8, 4) is 11.5 Å². The zero-order valence-electron chi connectivity index (χ0n) is 29.2. The van der Waals surface area contributed by atoms with E-state index >= 15 is 0 Å². The Labute approximate surface area is 276 Å². The standard InChI is InChI=1S/C37H57N3O6/c1-9-39(10-2)36(41)32(28(5)6)20-15-14-19-31(27(3)4)35(38-40(37(42)43)26-29-17-12-11-13-18-29)30-21-22-33(45-8)34(25-30)46-24-16-23-44-7/h11-15,17-18,21-22,25,27-28,31-32,35,38H,9-10,16,19-20,23-24,26H2,1-8H3,(H,42,43)/b15-14+. The highest BCUT2D eigenvalue weighted by atomic mass is 16.5. The summed E-state index contributed by atoms with van der Waals surface area (Å²) in [4.78, 5) is 27.7. The lowest BCUT2D eigenvalue weighted by Crippen LogP contribution is -2.46. The van der Waals surface area contributed by atoms with Crippen molar-refractivity contribution in [3.63, 3.8) is 0 Å². The Morgan fingerprint density at radius 1 is 0.891 bits per heavy atom. The van der Waals surface area contributed by atoms with Crippen LogP contribution in [0.1, 0.15) is 78.0 Å². The molecule has 0 radical (unpaired) electrons. The number of hydrogen-bond acceptors (Lipinski definition) is 6. The topological polar surface area (TPSA) is 101 Å². The average molecular weight is 640 g/mol. The summed E-state index contributed by atoms with van der Waals surface area (Å²) in [5.41, 5.74) is 5.16. The van der Waals surface area contributed by atoms with Gasteiger partial charge in [0.1, 0.15) is 0 Å². The van der Waals surface area contributed by atoms with E-state index in [1.165, 1.54) is 5.01 Å². The Bertz CT molecular complexity index is 1200. The molecule has 9 heteroatoms. The van der Waals surface area contributed by atoms with Crippen LogP contribution >= 0.6 is 0 Å². The van der Waals surface area contributed by atoms with Gasteiger partial charge in [-0.1, -0.05) is 76.2 Å². The molecule has 2 aromatic rings. The highest BCUT2D eigenvalue weighted by Crippen LogP contribution is 2.37. The molecule has 2 aromatic carbocycles. The first-order valence-corrected chi connectivity index (χ1v) is 16.6. The lowest BCUT2D eigenvalue weighted by atomic mass is 9.82. The van der Waals surface area contributed by atoms with E-state index in [1.807, 2.05) is 67.3 Å². The number of rotatable bonds is 21. The molecule has 0 spiro atoms. The lowest BCUT2D eigenvalue weighted by molar-refractivity contribution is -0.136. The number of nitrogens with one attached hydrogen (secondary N) is 1. The predicted molar refractivity (Wildman–Crippen MR) is 184 cm³/mol. The van der Waals surface area contributed by atoms with Gasteiger partial charge in [0.15, 0.2) is 11.5 Å². The third-order valence-corrected chi connectivity index (χ3v) is 8.45. The molecule has 2 rings (SSSR count). The number of hydrazine groups is 1. The molecule has 0 aliphatic heterocycles. The van der Waals surface area contributed by atoms with Gasteiger partial charge in [-0.2, -0.15) is 0 Å². The van der Waals surface area contributed by atoms with Crippen LogP contribution < -0.4 is 14.9 Å². The van der Waals surface area contributed by atoms with E-state index in [4.69, 9.17) is 14.2 Å². The number of benzene rings is 2. The van der Waals surface area contributed by atoms with Crippen molar-refractivity contribution in [1.82, 2.24) is 15.3 Å². The predicted octanol–water partition coefficient (Wildman–Crippen LogP) is 7.59. The molecule has 3 atom stereocenters. The molecule has 0 aliphatic rings. The number of amides is 2. The summed E-state index contributed by atoms with van der Waals surface area (Å²) >= 11 is 0. The zero-order valence-corrected chi connectivity index (χ0v) is 29.2. The Morgan fingerprint density at radius 3 is 2.13 bits per heavy atom. The fourth-order valence-electron chi connectivity index (χ4n) is 5.62.